The predicted octanol–water partition coefficient (Wildman–Crippen LogP) is 2.72. The van der Waals surface area contributed by atoms with Gasteiger partial charge in [0.15, 0.2) is 0 Å². The van der Waals surface area contributed by atoms with Gasteiger partial charge in [-0.05, 0) is 38.1 Å². The maximum absolute atomic E-state index is 10.8. The third-order valence-corrected chi connectivity index (χ3v) is 2.27. The summed E-state index contributed by atoms with van der Waals surface area (Å²) in [4.78, 5) is 15.1. The molecular formula is C13H13NO3. The van der Waals surface area contributed by atoms with Crippen molar-refractivity contribution in [1.82, 2.24) is 4.98 Å². The molecule has 17 heavy (non-hydrogen) atoms. The lowest BCUT2D eigenvalue weighted by Crippen LogP contribution is -2.06. The van der Waals surface area contributed by atoms with E-state index in [1.54, 1.807) is 18.2 Å². The molecule has 0 saturated carbocycles. The number of rotatable bonds is 3. The molecule has 0 atom stereocenters. The second kappa shape index (κ2) is 4.41. The van der Waals surface area contributed by atoms with Crippen LogP contribution in [-0.4, -0.2) is 22.2 Å². The quantitative estimate of drug-likeness (QED) is 0.882. The molecule has 88 valence electrons. The van der Waals surface area contributed by atoms with Gasteiger partial charge < -0.3 is 9.84 Å². The number of benzene rings is 1. The van der Waals surface area contributed by atoms with Crippen molar-refractivity contribution in [2.24, 2.45) is 0 Å². The van der Waals surface area contributed by atoms with Crippen molar-refractivity contribution < 1.29 is 14.6 Å². The van der Waals surface area contributed by atoms with Gasteiger partial charge in [0.2, 0.25) is 5.88 Å². The average molecular weight is 231 g/mol. The molecule has 0 aliphatic carbocycles. The van der Waals surface area contributed by atoms with Crippen molar-refractivity contribution in [3.63, 3.8) is 0 Å². The number of fused-ring (bicyclic) bond motifs is 1. The summed E-state index contributed by atoms with van der Waals surface area (Å²) in [5, 5.41) is 9.67. The molecule has 0 radical (unpaired) electrons. The van der Waals surface area contributed by atoms with Crippen molar-refractivity contribution in [3.05, 3.63) is 35.9 Å². The summed E-state index contributed by atoms with van der Waals surface area (Å²) in [5.74, 6) is -0.384. The summed E-state index contributed by atoms with van der Waals surface area (Å²) < 4.78 is 5.47. The van der Waals surface area contributed by atoms with E-state index >= 15 is 0 Å². The van der Waals surface area contributed by atoms with Gasteiger partial charge in [-0.15, -0.1) is 0 Å². The first-order chi connectivity index (χ1) is 8.06. The lowest BCUT2D eigenvalue weighted by molar-refractivity contribution is 0.0697. The minimum Gasteiger partial charge on any atom is -0.478 e. The van der Waals surface area contributed by atoms with Crippen LogP contribution in [-0.2, 0) is 0 Å². The number of carboxylic acids is 1. The number of hydrogen-bond acceptors (Lipinski definition) is 3. The van der Waals surface area contributed by atoms with Gasteiger partial charge in [-0.25, -0.2) is 9.78 Å². The van der Waals surface area contributed by atoms with Gasteiger partial charge in [-0.2, -0.15) is 0 Å². The summed E-state index contributed by atoms with van der Waals surface area (Å²) in [6.45, 7) is 3.86. The van der Waals surface area contributed by atoms with Gasteiger partial charge in [0.25, 0.3) is 0 Å². The molecule has 0 bridgehead atoms. The number of carbonyl (C=O) groups is 1. The van der Waals surface area contributed by atoms with E-state index in [0.29, 0.717) is 5.88 Å². The molecule has 2 aromatic rings. The highest BCUT2D eigenvalue weighted by Gasteiger charge is 2.05. The third-order valence-electron chi connectivity index (χ3n) is 2.27. The van der Waals surface area contributed by atoms with Crippen molar-refractivity contribution in [2.45, 2.75) is 20.0 Å². The molecule has 4 nitrogen and oxygen atoms in total. The number of hydrogen-bond donors (Lipinski definition) is 1. The number of pyridine rings is 1. The Hall–Kier alpha value is -2.10. The van der Waals surface area contributed by atoms with E-state index in [9.17, 15) is 4.79 Å². The zero-order valence-corrected chi connectivity index (χ0v) is 9.68. The topological polar surface area (TPSA) is 59.4 Å². The Morgan fingerprint density at radius 2 is 2.06 bits per heavy atom. The van der Waals surface area contributed by atoms with Gasteiger partial charge in [0.1, 0.15) is 0 Å². The molecule has 0 unspecified atom stereocenters. The maximum Gasteiger partial charge on any atom is 0.335 e. The van der Waals surface area contributed by atoms with Gasteiger partial charge in [-0.1, -0.05) is 0 Å². The lowest BCUT2D eigenvalue weighted by Gasteiger charge is -2.09. The molecule has 4 heteroatoms. The zero-order valence-electron chi connectivity index (χ0n) is 9.68. The van der Waals surface area contributed by atoms with Crippen LogP contribution in [0.2, 0.25) is 0 Å². The van der Waals surface area contributed by atoms with E-state index < -0.39 is 5.97 Å². The van der Waals surface area contributed by atoms with Gasteiger partial charge in [-0.3, -0.25) is 0 Å². The van der Waals surface area contributed by atoms with Crippen LogP contribution in [0.15, 0.2) is 30.3 Å². The molecule has 2 rings (SSSR count). The Kier molecular flexibility index (Phi) is 2.95. The van der Waals surface area contributed by atoms with Crippen LogP contribution in [0.5, 0.6) is 5.88 Å². The fourth-order valence-corrected chi connectivity index (χ4v) is 1.55. The number of nitrogens with zero attached hydrogens (tertiary/aromatic N) is 1. The number of aromatic nitrogens is 1. The highest BCUT2D eigenvalue weighted by Crippen LogP contribution is 2.18. The Balaban J connectivity index is 2.43. The van der Waals surface area contributed by atoms with Gasteiger partial charge >= 0.3 is 5.97 Å². The molecule has 1 aromatic carbocycles. The average Bonchev–Trinajstić information content (AvgIpc) is 2.27. The first-order valence-corrected chi connectivity index (χ1v) is 5.37. The SMILES string of the molecule is CC(C)Oc1ccc2cc(C(=O)O)ccc2n1. The Morgan fingerprint density at radius 3 is 2.71 bits per heavy atom. The molecule has 0 amide bonds. The Morgan fingerprint density at radius 1 is 1.29 bits per heavy atom. The molecule has 1 N–H and O–H groups in total. The predicted molar refractivity (Wildman–Crippen MR) is 64.5 cm³/mol. The summed E-state index contributed by atoms with van der Waals surface area (Å²) in [5.41, 5.74) is 0.991. The van der Waals surface area contributed by atoms with Crippen molar-refractivity contribution in [3.8, 4) is 5.88 Å². The van der Waals surface area contributed by atoms with Crippen LogP contribution in [0.4, 0.5) is 0 Å². The lowest BCUT2D eigenvalue weighted by atomic mass is 10.1. The van der Waals surface area contributed by atoms with Gasteiger partial charge in [0.05, 0.1) is 17.2 Å². The van der Waals surface area contributed by atoms with Crippen LogP contribution < -0.4 is 4.74 Å². The van der Waals surface area contributed by atoms with E-state index in [2.05, 4.69) is 4.98 Å². The summed E-state index contributed by atoms with van der Waals surface area (Å²) in [6.07, 6.45) is 0.0678. The summed E-state index contributed by atoms with van der Waals surface area (Å²) in [6, 6.07) is 8.38. The molecule has 0 fully saturated rings. The number of carboxylic acid groups (broad SMARTS) is 1. The van der Waals surface area contributed by atoms with E-state index in [4.69, 9.17) is 9.84 Å². The smallest absolute Gasteiger partial charge is 0.335 e. The molecule has 0 saturated heterocycles. The van der Waals surface area contributed by atoms with Crippen LogP contribution in [0.25, 0.3) is 10.9 Å². The Labute approximate surface area is 98.9 Å². The molecule has 1 heterocycles. The molecule has 0 aliphatic rings. The zero-order chi connectivity index (χ0) is 12.4. The first kappa shape index (κ1) is 11.4. The summed E-state index contributed by atoms with van der Waals surface area (Å²) in [7, 11) is 0. The monoisotopic (exact) mass is 231 g/mol. The second-order valence-corrected chi connectivity index (χ2v) is 4.03. The fraction of sp³-hybridized carbons (Fsp3) is 0.231. The van der Waals surface area contributed by atoms with E-state index in [1.807, 2.05) is 19.9 Å². The van der Waals surface area contributed by atoms with Crippen LogP contribution in [0.3, 0.4) is 0 Å². The van der Waals surface area contributed by atoms with Gasteiger partial charge in [0, 0.05) is 11.5 Å². The van der Waals surface area contributed by atoms with E-state index in [-0.39, 0.29) is 11.7 Å². The maximum atomic E-state index is 10.8. The van der Waals surface area contributed by atoms with Crippen molar-refractivity contribution in [2.75, 3.05) is 0 Å². The fourth-order valence-electron chi connectivity index (χ4n) is 1.55. The Bertz CT molecular complexity index is 564. The second-order valence-electron chi connectivity index (χ2n) is 4.03. The molecular weight excluding hydrogens is 218 g/mol. The van der Waals surface area contributed by atoms with Crippen molar-refractivity contribution in [1.29, 1.82) is 0 Å². The van der Waals surface area contributed by atoms with Crippen molar-refractivity contribution >= 4 is 16.9 Å². The van der Waals surface area contributed by atoms with Crippen LogP contribution in [0.1, 0.15) is 24.2 Å². The first-order valence-electron chi connectivity index (χ1n) is 5.37. The highest BCUT2D eigenvalue weighted by molar-refractivity contribution is 5.93. The van der Waals surface area contributed by atoms with Crippen LogP contribution >= 0.6 is 0 Å². The normalized spacial score (nSPS) is 10.8. The molecule has 0 spiro atoms. The summed E-state index contributed by atoms with van der Waals surface area (Å²) >= 11 is 0. The standard InChI is InChI=1S/C13H13NO3/c1-8(2)17-12-6-4-9-7-10(13(15)16)3-5-11(9)14-12/h3-8H,1-2H3,(H,15,16). The minimum atomic E-state index is -0.936. The van der Waals surface area contributed by atoms with E-state index in [0.717, 1.165) is 10.9 Å². The molecule has 1 aromatic heterocycles. The minimum absolute atomic E-state index is 0.0678. The number of aromatic carboxylic acids is 1. The highest BCUT2D eigenvalue weighted by atomic mass is 16.5. The van der Waals surface area contributed by atoms with E-state index in [1.165, 1.54) is 6.07 Å². The van der Waals surface area contributed by atoms with Crippen LogP contribution in [0, 0.1) is 0 Å². The third kappa shape index (κ3) is 2.53. The largest absolute Gasteiger partial charge is 0.478 e. The molecule has 0 aliphatic heterocycles. The number of ether oxygens (including phenoxy) is 1.